The molecule has 1 aromatic heterocycles. The topological polar surface area (TPSA) is 37.8 Å². The molecular weight excluding hydrogens is 286 g/mol. The number of rotatable bonds is 5. The molecule has 1 N–H and O–H groups in total. The van der Waals surface area contributed by atoms with Crippen LogP contribution in [0.5, 0.6) is 0 Å². The number of aromatic nitrogens is 2. The Morgan fingerprint density at radius 1 is 1.35 bits per heavy atom. The van der Waals surface area contributed by atoms with Gasteiger partial charge in [-0.15, -0.1) is 11.8 Å². The summed E-state index contributed by atoms with van der Waals surface area (Å²) in [4.78, 5) is 9.49. The lowest BCUT2D eigenvalue weighted by atomic mass is 10.1. The Bertz CT molecular complexity index is 439. The molecular formula is C15H25N3S2. The molecule has 112 valence electrons. The Morgan fingerprint density at radius 2 is 2.10 bits per heavy atom. The van der Waals surface area contributed by atoms with Crippen molar-refractivity contribution in [3.63, 3.8) is 0 Å². The van der Waals surface area contributed by atoms with E-state index in [4.69, 9.17) is 4.98 Å². The molecule has 0 bridgehead atoms. The van der Waals surface area contributed by atoms with Gasteiger partial charge in [-0.2, -0.15) is 11.8 Å². The molecule has 3 nitrogen and oxygen atoms in total. The van der Waals surface area contributed by atoms with E-state index < -0.39 is 0 Å². The highest BCUT2D eigenvalue weighted by atomic mass is 32.2. The Labute approximate surface area is 131 Å². The summed E-state index contributed by atoms with van der Waals surface area (Å²) < 4.78 is 0. The SMILES string of the molecule is CCNC(C)c1cnc(C2SCCSC2CC)nc1C. The summed E-state index contributed by atoms with van der Waals surface area (Å²) in [5, 5.41) is 4.55. The Morgan fingerprint density at radius 3 is 2.75 bits per heavy atom. The molecule has 0 aliphatic carbocycles. The summed E-state index contributed by atoms with van der Waals surface area (Å²) in [5.74, 6) is 3.50. The van der Waals surface area contributed by atoms with E-state index >= 15 is 0 Å². The van der Waals surface area contributed by atoms with Gasteiger partial charge in [0.05, 0.1) is 5.25 Å². The van der Waals surface area contributed by atoms with Crippen molar-refractivity contribution in [1.82, 2.24) is 15.3 Å². The number of thioether (sulfide) groups is 2. The molecule has 1 saturated heterocycles. The molecule has 1 aliphatic rings. The first-order valence-electron chi connectivity index (χ1n) is 7.47. The Hall–Kier alpha value is -0.260. The minimum absolute atomic E-state index is 0.324. The molecule has 0 aromatic carbocycles. The van der Waals surface area contributed by atoms with Gasteiger partial charge in [0.25, 0.3) is 0 Å². The first-order valence-corrected chi connectivity index (χ1v) is 9.57. The predicted octanol–water partition coefficient (Wildman–Crippen LogP) is 3.76. The third-order valence-electron chi connectivity index (χ3n) is 3.72. The van der Waals surface area contributed by atoms with Gasteiger partial charge in [-0.05, 0) is 26.8 Å². The number of nitrogens with zero attached hydrogens (tertiary/aromatic N) is 2. The molecule has 3 atom stereocenters. The molecule has 5 heteroatoms. The van der Waals surface area contributed by atoms with Crippen LogP contribution in [0.1, 0.15) is 55.6 Å². The fraction of sp³-hybridized carbons (Fsp3) is 0.733. The van der Waals surface area contributed by atoms with E-state index in [1.54, 1.807) is 0 Å². The van der Waals surface area contributed by atoms with Gasteiger partial charge >= 0.3 is 0 Å². The van der Waals surface area contributed by atoms with Crippen molar-refractivity contribution < 1.29 is 0 Å². The van der Waals surface area contributed by atoms with Gasteiger partial charge in [-0.25, -0.2) is 9.97 Å². The van der Waals surface area contributed by atoms with E-state index in [9.17, 15) is 0 Å². The van der Waals surface area contributed by atoms with E-state index in [0.29, 0.717) is 16.5 Å². The second-order valence-electron chi connectivity index (χ2n) is 5.16. The second-order valence-corrected chi connectivity index (χ2v) is 7.75. The largest absolute Gasteiger partial charge is 0.310 e. The van der Waals surface area contributed by atoms with Crippen molar-refractivity contribution in [2.45, 2.75) is 50.7 Å². The monoisotopic (exact) mass is 311 g/mol. The van der Waals surface area contributed by atoms with Crippen LogP contribution in [0.15, 0.2) is 6.20 Å². The van der Waals surface area contributed by atoms with Gasteiger partial charge in [0, 0.05) is 40.3 Å². The zero-order valence-corrected chi connectivity index (χ0v) is 14.5. The number of hydrogen-bond donors (Lipinski definition) is 1. The Kier molecular flexibility index (Phi) is 6.18. The van der Waals surface area contributed by atoms with E-state index in [1.165, 1.54) is 23.5 Å². The zero-order valence-electron chi connectivity index (χ0n) is 12.8. The fourth-order valence-electron chi connectivity index (χ4n) is 2.61. The van der Waals surface area contributed by atoms with Crippen molar-refractivity contribution in [3.8, 4) is 0 Å². The molecule has 2 rings (SSSR count). The third kappa shape index (κ3) is 3.68. The maximum atomic E-state index is 4.81. The normalized spacial score (nSPS) is 24.6. The molecule has 20 heavy (non-hydrogen) atoms. The van der Waals surface area contributed by atoms with Gasteiger partial charge in [-0.3, -0.25) is 0 Å². The lowest BCUT2D eigenvalue weighted by Crippen LogP contribution is -2.23. The van der Waals surface area contributed by atoms with Crippen LogP contribution in [-0.4, -0.2) is 33.3 Å². The molecule has 1 fully saturated rings. The quantitative estimate of drug-likeness (QED) is 0.896. The van der Waals surface area contributed by atoms with Crippen molar-refractivity contribution in [1.29, 1.82) is 0 Å². The minimum atomic E-state index is 0.324. The van der Waals surface area contributed by atoms with Gasteiger partial charge in [0.2, 0.25) is 0 Å². The lowest BCUT2D eigenvalue weighted by molar-refractivity contribution is 0.587. The zero-order chi connectivity index (χ0) is 14.5. The number of hydrogen-bond acceptors (Lipinski definition) is 5. The van der Waals surface area contributed by atoms with E-state index in [-0.39, 0.29) is 0 Å². The summed E-state index contributed by atoms with van der Waals surface area (Å²) >= 11 is 4.10. The van der Waals surface area contributed by atoms with Crippen LogP contribution in [0, 0.1) is 6.92 Å². The second kappa shape index (κ2) is 7.66. The summed E-state index contributed by atoms with van der Waals surface area (Å²) in [6.07, 6.45) is 3.22. The van der Waals surface area contributed by atoms with Gasteiger partial charge in [-0.1, -0.05) is 13.8 Å². The standard InChI is InChI=1S/C15H25N3S2/c1-5-13-14(20-8-7-19-13)15-17-9-12(11(4)18-15)10(3)16-6-2/h9-10,13-14,16H,5-8H2,1-4H3. The van der Waals surface area contributed by atoms with Crippen LogP contribution in [-0.2, 0) is 0 Å². The Balaban J connectivity index is 2.19. The van der Waals surface area contributed by atoms with Crippen molar-refractivity contribution in [3.05, 3.63) is 23.3 Å². The van der Waals surface area contributed by atoms with E-state index in [1.807, 2.05) is 18.0 Å². The molecule has 0 amide bonds. The molecule has 1 aromatic rings. The van der Waals surface area contributed by atoms with Crippen LogP contribution in [0.25, 0.3) is 0 Å². The molecule has 3 unspecified atom stereocenters. The lowest BCUT2D eigenvalue weighted by Gasteiger charge is -2.29. The van der Waals surface area contributed by atoms with Crippen molar-refractivity contribution in [2.24, 2.45) is 0 Å². The van der Waals surface area contributed by atoms with Crippen molar-refractivity contribution >= 4 is 23.5 Å². The molecule has 1 aliphatic heterocycles. The smallest absolute Gasteiger partial charge is 0.142 e. The fourth-order valence-corrected chi connectivity index (χ4v) is 5.61. The third-order valence-corrected chi connectivity index (χ3v) is 6.96. The van der Waals surface area contributed by atoms with Crippen LogP contribution in [0.2, 0.25) is 0 Å². The molecule has 0 radical (unpaired) electrons. The summed E-state index contributed by atoms with van der Waals surface area (Å²) in [5.41, 5.74) is 2.34. The van der Waals surface area contributed by atoms with Crippen LogP contribution >= 0.6 is 23.5 Å². The highest BCUT2D eigenvalue weighted by Crippen LogP contribution is 2.42. The summed E-state index contributed by atoms with van der Waals surface area (Å²) in [6.45, 7) is 9.65. The first-order chi connectivity index (χ1) is 9.67. The molecule has 0 spiro atoms. The average molecular weight is 312 g/mol. The number of nitrogens with one attached hydrogen (secondary N) is 1. The van der Waals surface area contributed by atoms with Gasteiger partial charge < -0.3 is 5.32 Å². The molecule has 0 saturated carbocycles. The van der Waals surface area contributed by atoms with E-state index in [0.717, 1.165) is 18.1 Å². The highest BCUT2D eigenvalue weighted by molar-refractivity contribution is 8.06. The maximum Gasteiger partial charge on any atom is 0.142 e. The summed E-state index contributed by atoms with van der Waals surface area (Å²) in [7, 11) is 0. The summed E-state index contributed by atoms with van der Waals surface area (Å²) in [6, 6.07) is 0.324. The number of aryl methyl sites for hydroxylation is 1. The molecule has 2 heterocycles. The first kappa shape index (κ1) is 16.1. The van der Waals surface area contributed by atoms with E-state index in [2.05, 4.69) is 49.8 Å². The van der Waals surface area contributed by atoms with Crippen LogP contribution in [0.3, 0.4) is 0 Å². The van der Waals surface area contributed by atoms with Crippen LogP contribution in [0.4, 0.5) is 0 Å². The predicted molar refractivity (Wildman–Crippen MR) is 90.6 cm³/mol. The maximum absolute atomic E-state index is 4.81. The van der Waals surface area contributed by atoms with Crippen molar-refractivity contribution in [2.75, 3.05) is 18.1 Å². The highest BCUT2D eigenvalue weighted by Gasteiger charge is 2.29. The average Bonchev–Trinajstić information content (AvgIpc) is 2.47. The van der Waals surface area contributed by atoms with Gasteiger partial charge in [0.1, 0.15) is 5.82 Å². The minimum Gasteiger partial charge on any atom is -0.310 e. The van der Waals surface area contributed by atoms with Gasteiger partial charge in [0.15, 0.2) is 0 Å². The van der Waals surface area contributed by atoms with Crippen LogP contribution < -0.4 is 5.32 Å².